The van der Waals surface area contributed by atoms with Crippen LogP contribution in [0.15, 0.2) is 36.7 Å². The predicted octanol–water partition coefficient (Wildman–Crippen LogP) is 3.80. The van der Waals surface area contributed by atoms with Gasteiger partial charge in [0, 0.05) is 12.7 Å². The molecule has 2 heterocycles. The second-order valence-electron chi connectivity index (χ2n) is 5.35. The molecule has 0 aliphatic carbocycles. The summed E-state index contributed by atoms with van der Waals surface area (Å²) in [7, 11) is 0. The number of carbonyl (C=O) groups excluding carboxylic acids is 1. The minimum absolute atomic E-state index is 0.139. The maximum atomic E-state index is 13.2. The van der Waals surface area contributed by atoms with E-state index in [4.69, 9.17) is 0 Å². The first-order valence-electron chi connectivity index (χ1n) is 7.19. The Hall–Kier alpha value is -2.51. The van der Waals surface area contributed by atoms with Gasteiger partial charge < -0.3 is 10.2 Å². The summed E-state index contributed by atoms with van der Waals surface area (Å²) in [6.45, 7) is 0.417. The van der Waals surface area contributed by atoms with Crippen LogP contribution in [0.4, 0.5) is 23.7 Å². The van der Waals surface area contributed by atoms with Crippen molar-refractivity contribution in [3.05, 3.63) is 47.8 Å². The molecule has 1 saturated heterocycles. The molecule has 2 N–H and O–H groups in total. The molecule has 8 heteroatoms. The lowest BCUT2D eigenvalue weighted by Gasteiger charge is -2.27. The van der Waals surface area contributed by atoms with E-state index in [0.717, 1.165) is 6.07 Å². The van der Waals surface area contributed by atoms with Gasteiger partial charge in [0.1, 0.15) is 0 Å². The number of benzene rings is 1. The molecule has 1 aliphatic rings. The first kappa shape index (κ1) is 15.4. The molecule has 0 radical (unpaired) electrons. The lowest BCUT2D eigenvalue weighted by atomic mass is 9.98. The minimum atomic E-state index is -4.44. The Morgan fingerprint density at radius 1 is 1.35 bits per heavy atom. The first-order chi connectivity index (χ1) is 11.0. The van der Waals surface area contributed by atoms with Crippen LogP contribution in [0.1, 0.15) is 30.0 Å². The highest BCUT2D eigenvalue weighted by Crippen LogP contribution is 2.40. The molecule has 23 heavy (non-hydrogen) atoms. The fraction of sp³-hybridized carbons (Fsp3) is 0.333. The fourth-order valence-electron chi connectivity index (χ4n) is 2.89. The molecule has 2 amide bonds. The molecule has 0 saturated carbocycles. The van der Waals surface area contributed by atoms with E-state index in [-0.39, 0.29) is 5.56 Å². The number of carbonyl (C=O) groups is 1. The highest BCUT2D eigenvalue weighted by Gasteiger charge is 2.38. The van der Waals surface area contributed by atoms with Crippen LogP contribution >= 0.6 is 0 Å². The van der Waals surface area contributed by atoms with Gasteiger partial charge in [0.25, 0.3) is 0 Å². The maximum Gasteiger partial charge on any atom is 0.416 e. The number of hydrogen-bond acceptors (Lipinski definition) is 2. The quantitative estimate of drug-likeness (QED) is 0.883. The van der Waals surface area contributed by atoms with Crippen LogP contribution in [-0.4, -0.2) is 27.7 Å². The number of halogens is 3. The molecule has 0 bridgehead atoms. The number of hydrogen-bond donors (Lipinski definition) is 2. The molecule has 1 fully saturated rings. The molecule has 3 rings (SSSR count). The Kier molecular flexibility index (Phi) is 3.97. The van der Waals surface area contributed by atoms with Gasteiger partial charge in [-0.2, -0.15) is 18.3 Å². The van der Waals surface area contributed by atoms with E-state index in [2.05, 4.69) is 15.5 Å². The molecule has 1 aliphatic heterocycles. The van der Waals surface area contributed by atoms with Crippen LogP contribution in [0.25, 0.3) is 0 Å². The van der Waals surface area contributed by atoms with Gasteiger partial charge in [0.15, 0.2) is 0 Å². The van der Waals surface area contributed by atoms with Crippen molar-refractivity contribution in [2.45, 2.75) is 25.1 Å². The zero-order valence-electron chi connectivity index (χ0n) is 12.1. The SMILES string of the molecule is O=C(Nc1cn[nH]c1)N1CCC[C@@H]1c1ccccc1C(F)(F)F. The number of anilines is 1. The van der Waals surface area contributed by atoms with Crippen LogP contribution in [0.3, 0.4) is 0 Å². The van der Waals surface area contributed by atoms with Gasteiger partial charge in [-0.25, -0.2) is 4.79 Å². The van der Waals surface area contributed by atoms with E-state index in [9.17, 15) is 18.0 Å². The van der Waals surface area contributed by atoms with E-state index in [1.165, 1.54) is 29.4 Å². The number of aromatic amines is 1. The normalized spacial score (nSPS) is 18.2. The van der Waals surface area contributed by atoms with Gasteiger partial charge in [0.2, 0.25) is 0 Å². The Bertz CT molecular complexity index is 684. The summed E-state index contributed by atoms with van der Waals surface area (Å²) in [6, 6.07) is 4.41. The van der Waals surface area contributed by atoms with Gasteiger partial charge in [-0.1, -0.05) is 18.2 Å². The summed E-state index contributed by atoms with van der Waals surface area (Å²) in [6.07, 6.45) is -0.327. The number of likely N-dealkylation sites (tertiary alicyclic amines) is 1. The third-order valence-corrected chi connectivity index (χ3v) is 3.89. The summed E-state index contributed by atoms with van der Waals surface area (Å²) in [5.74, 6) is 0. The molecule has 2 aromatic rings. The highest BCUT2D eigenvalue weighted by molar-refractivity contribution is 5.89. The summed E-state index contributed by atoms with van der Waals surface area (Å²) in [5.41, 5.74) is -0.0717. The fourth-order valence-corrected chi connectivity index (χ4v) is 2.89. The van der Waals surface area contributed by atoms with Crippen LogP contribution in [0.2, 0.25) is 0 Å². The van der Waals surface area contributed by atoms with Crippen molar-refractivity contribution in [2.75, 3.05) is 11.9 Å². The summed E-state index contributed by atoms with van der Waals surface area (Å²) in [5, 5.41) is 8.92. The Morgan fingerprint density at radius 3 is 2.83 bits per heavy atom. The second kappa shape index (κ2) is 5.94. The maximum absolute atomic E-state index is 13.2. The van der Waals surface area contributed by atoms with Crippen molar-refractivity contribution in [1.82, 2.24) is 15.1 Å². The number of nitrogens with one attached hydrogen (secondary N) is 2. The van der Waals surface area contributed by atoms with Crippen molar-refractivity contribution in [1.29, 1.82) is 0 Å². The molecule has 1 atom stereocenters. The lowest BCUT2D eigenvalue weighted by molar-refractivity contribution is -0.138. The monoisotopic (exact) mass is 324 g/mol. The molecular formula is C15H15F3N4O. The van der Waals surface area contributed by atoms with E-state index in [1.54, 1.807) is 6.07 Å². The third kappa shape index (κ3) is 3.15. The molecule has 122 valence electrons. The van der Waals surface area contributed by atoms with E-state index in [0.29, 0.717) is 25.1 Å². The molecule has 5 nitrogen and oxygen atoms in total. The van der Waals surface area contributed by atoms with Crippen molar-refractivity contribution in [3.63, 3.8) is 0 Å². The predicted molar refractivity (Wildman–Crippen MR) is 77.7 cm³/mol. The number of aromatic nitrogens is 2. The molecule has 0 unspecified atom stereocenters. The topological polar surface area (TPSA) is 61.0 Å². The largest absolute Gasteiger partial charge is 0.416 e. The lowest BCUT2D eigenvalue weighted by Crippen LogP contribution is -2.35. The second-order valence-corrected chi connectivity index (χ2v) is 5.35. The third-order valence-electron chi connectivity index (χ3n) is 3.89. The summed E-state index contributed by atoms with van der Waals surface area (Å²) >= 11 is 0. The number of H-pyrrole nitrogens is 1. The van der Waals surface area contributed by atoms with E-state index >= 15 is 0 Å². The molecular weight excluding hydrogens is 309 g/mol. The zero-order valence-corrected chi connectivity index (χ0v) is 12.1. The average Bonchev–Trinajstić information content (AvgIpc) is 3.17. The summed E-state index contributed by atoms with van der Waals surface area (Å²) in [4.78, 5) is 13.8. The van der Waals surface area contributed by atoms with E-state index < -0.39 is 23.8 Å². The highest BCUT2D eigenvalue weighted by atomic mass is 19.4. The number of rotatable bonds is 2. The smallest absolute Gasteiger partial charge is 0.317 e. The van der Waals surface area contributed by atoms with Gasteiger partial charge in [-0.3, -0.25) is 5.10 Å². The number of urea groups is 1. The van der Waals surface area contributed by atoms with Crippen molar-refractivity contribution in [3.8, 4) is 0 Å². The van der Waals surface area contributed by atoms with E-state index in [1.807, 2.05) is 0 Å². The van der Waals surface area contributed by atoms with Crippen LogP contribution < -0.4 is 5.32 Å². The average molecular weight is 324 g/mol. The van der Waals surface area contributed by atoms with Gasteiger partial charge in [0.05, 0.1) is 23.5 Å². The van der Waals surface area contributed by atoms with Crippen LogP contribution in [0.5, 0.6) is 0 Å². The minimum Gasteiger partial charge on any atom is -0.317 e. The number of alkyl halides is 3. The van der Waals surface area contributed by atoms with Crippen LogP contribution in [0, 0.1) is 0 Å². The molecule has 1 aromatic heterocycles. The number of amides is 2. The van der Waals surface area contributed by atoms with Crippen molar-refractivity contribution in [2.24, 2.45) is 0 Å². The Labute approximate surface area is 130 Å². The van der Waals surface area contributed by atoms with Gasteiger partial charge >= 0.3 is 12.2 Å². The van der Waals surface area contributed by atoms with Crippen molar-refractivity contribution < 1.29 is 18.0 Å². The first-order valence-corrected chi connectivity index (χ1v) is 7.19. The van der Waals surface area contributed by atoms with Crippen LogP contribution in [-0.2, 0) is 6.18 Å². The number of nitrogens with zero attached hydrogens (tertiary/aromatic N) is 2. The van der Waals surface area contributed by atoms with Crippen molar-refractivity contribution >= 4 is 11.7 Å². The van der Waals surface area contributed by atoms with Gasteiger partial charge in [-0.15, -0.1) is 0 Å². The Morgan fingerprint density at radius 2 is 2.13 bits per heavy atom. The standard InChI is InChI=1S/C15H15F3N4O/c16-15(17,18)12-5-2-1-4-11(12)13-6-3-7-22(13)14(23)21-10-8-19-20-9-10/h1-2,4-5,8-9,13H,3,6-7H2,(H,19,20)(H,21,23)/t13-/m1/s1. The Balaban J connectivity index is 1.86. The zero-order chi connectivity index (χ0) is 16.4. The molecule has 1 aromatic carbocycles. The molecule has 0 spiro atoms. The van der Waals surface area contributed by atoms with Gasteiger partial charge in [-0.05, 0) is 24.5 Å². The summed E-state index contributed by atoms with van der Waals surface area (Å²) < 4.78 is 39.6.